The molecule has 0 aliphatic carbocycles. The Balaban J connectivity index is 2.23. The lowest BCUT2D eigenvalue weighted by Gasteiger charge is -2.10. The fourth-order valence-electron chi connectivity index (χ4n) is 2.08. The van der Waals surface area contributed by atoms with Crippen LogP contribution in [0.2, 0.25) is 0 Å². The normalized spacial score (nSPS) is 10.4. The molecule has 0 fully saturated rings. The molecule has 0 radical (unpaired) electrons. The van der Waals surface area contributed by atoms with Crippen molar-refractivity contribution in [3.63, 3.8) is 0 Å². The smallest absolute Gasteiger partial charge is 0.247 e. The van der Waals surface area contributed by atoms with Gasteiger partial charge in [0.1, 0.15) is 5.75 Å². The molecule has 5 heteroatoms. The van der Waals surface area contributed by atoms with Crippen LogP contribution in [0.25, 0.3) is 0 Å². The van der Waals surface area contributed by atoms with E-state index < -0.39 is 0 Å². The molecule has 0 aliphatic heterocycles. The van der Waals surface area contributed by atoms with Crippen LogP contribution in [0.5, 0.6) is 5.75 Å². The van der Waals surface area contributed by atoms with Crippen molar-refractivity contribution in [2.24, 2.45) is 0 Å². The monoisotopic (exact) mass is 272 g/mol. The van der Waals surface area contributed by atoms with Crippen LogP contribution >= 0.6 is 0 Å². The third kappa shape index (κ3) is 3.04. The number of aryl methyl sites for hydroxylation is 3. The highest BCUT2D eigenvalue weighted by Gasteiger charge is 2.07. The number of anilines is 2. The first-order valence-corrected chi connectivity index (χ1v) is 6.82. The Bertz CT molecular complexity index is 598. The maximum atomic E-state index is 5.25. The Hall–Kier alpha value is -2.17. The second-order valence-corrected chi connectivity index (χ2v) is 4.55. The number of ether oxygens (including phenoxy) is 1. The topological polar surface area (TPSA) is 59.9 Å². The average Bonchev–Trinajstić information content (AvgIpc) is 2.47. The van der Waals surface area contributed by atoms with E-state index in [-0.39, 0.29) is 0 Å². The minimum absolute atomic E-state index is 0.531. The average molecular weight is 272 g/mol. The summed E-state index contributed by atoms with van der Waals surface area (Å²) in [5.41, 5.74) is 3.95. The van der Waals surface area contributed by atoms with Gasteiger partial charge in [-0.05, 0) is 43.5 Å². The summed E-state index contributed by atoms with van der Waals surface area (Å²) in [5.74, 6) is 1.40. The van der Waals surface area contributed by atoms with Gasteiger partial charge in [-0.3, -0.25) is 0 Å². The van der Waals surface area contributed by atoms with Crippen molar-refractivity contribution in [3.05, 3.63) is 35.2 Å². The first-order valence-electron chi connectivity index (χ1n) is 6.82. The fraction of sp³-hybridized carbons (Fsp3) is 0.400. The largest absolute Gasteiger partial charge is 0.496 e. The van der Waals surface area contributed by atoms with Gasteiger partial charge >= 0.3 is 0 Å². The predicted octanol–water partition coefficient (Wildman–Crippen LogP) is 3.06. The molecule has 2 rings (SSSR count). The molecule has 0 aliphatic rings. The number of methoxy groups -OCH3 is 1. The van der Waals surface area contributed by atoms with Crippen molar-refractivity contribution in [2.45, 2.75) is 33.6 Å². The Morgan fingerprint density at radius 1 is 1.10 bits per heavy atom. The van der Waals surface area contributed by atoms with E-state index >= 15 is 0 Å². The van der Waals surface area contributed by atoms with Gasteiger partial charge in [-0.2, -0.15) is 0 Å². The molecule has 0 saturated heterocycles. The van der Waals surface area contributed by atoms with Gasteiger partial charge in [0.15, 0.2) is 0 Å². The van der Waals surface area contributed by atoms with Crippen molar-refractivity contribution in [3.8, 4) is 5.75 Å². The maximum absolute atomic E-state index is 5.25. The van der Waals surface area contributed by atoms with Crippen LogP contribution in [0.1, 0.15) is 30.8 Å². The maximum Gasteiger partial charge on any atom is 0.247 e. The molecule has 0 bridgehead atoms. The SMILES string of the molecule is CCc1nnc(Nc2ccc(OC)c(C)c2)nc1CC. The van der Waals surface area contributed by atoms with E-state index in [2.05, 4.69) is 34.3 Å². The minimum atomic E-state index is 0.531. The summed E-state index contributed by atoms with van der Waals surface area (Å²) in [6.07, 6.45) is 1.71. The van der Waals surface area contributed by atoms with Crippen LogP contribution in [0.4, 0.5) is 11.6 Å². The van der Waals surface area contributed by atoms with E-state index in [1.165, 1.54) is 0 Å². The third-order valence-corrected chi connectivity index (χ3v) is 3.16. The number of aromatic nitrogens is 3. The highest BCUT2D eigenvalue weighted by Crippen LogP contribution is 2.23. The molecule has 0 spiro atoms. The quantitative estimate of drug-likeness (QED) is 0.906. The van der Waals surface area contributed by atoms with E-state index in [4.69, 9.17) is 4.74 Å². The Morgan fingerprint density at radius 3 is 2.45 bits per heavy atom. The summed E-state index contributed by atoms with van der Waals surface area (Å²) < 4.78 is 5.25. The van der Waals surface area contributed by atoms with Crippen LogP contribution in [0.15, 0.2) is 18.2 Å². The summed E-state index contributed by atoms with van der Waals surface area (Å²) in [5, 5.41) is 11.5. The van der Waals surface area contributed by atoms with E-state index in [0.717, 1.165) is 41.2 Å². The van der Waals surface area contributed by atoms with Crippen LogP contribution in [0, 0.1) is 6.92 Å². The minimum Gasteiger partial charge on any atom is -0.496 e. The van der Waals surface area contributed by atoms with Gasteiger partial charge in [-0.1, -0.05) is 13.8 Å². The van der Waals surface area contributed by atoms with Crippen LogP contribution in [-0.4, -0.2) is 22.3 Å². The molecule has 2 aromatic rings. The number of benzene rings is 1. The Kier molecular flexibility index (Phi) is 4.50. The summed E-state index contributed by atoms with van der Waals surface area (Å²) in [6, 6.07) is 5.86. The summed E-state index contributed by atoms with van der Waals surface area (Å²) in [7, 11) is 1.67. The number of hydrogen-bond donors (Lipinski definition) is 1. The lowest BCUT2D eigenvalue weighted by Crippen LogP contribution is -2.06. The summed E-state index contributed by atoms with van der Waals surface area (Å²) in [6.45, 7) is 6.13. The van der Waals surface area contributed by atoms with Crippen LogP contribution < -0.4 is 10.1 Å². The first kappa shape index (κ1) is 14.2. The molecular weight excluding hydrogens is 252 g/mol. The van der Waals surface area contributed by atoms with Gasteiger partial charge in [0, 0.05) is 5.69 Å². The highest BCUT2D eigenvalue weighted by molar-refractivity contribution is 5.56. The number of nitrogens with zero attached hydrogens (tertiary/aromatic N) is 3. The lowest BCUT2D eigenvalue weighted by molar-refractivity contribution is 0.412. The second-order valence-electron chi connectivity index (χ2n) is 4.55. The third-order valence-electron chi connectivity index (χ3n) is 3.16. The molecule has 0 atom stereocenters. The van der Waals surface area contributed by atoms with Crippen molar-refractivity contribution in [1.29, 1.82) is 0 Å². The van der Waals surface area contributed by atoms with E-state index in [9.17, 15) is 0 Å². The van der Waals surface area contributed by atoms with Gasteiger partial charge in [0.25, 0.3) is 0 Å². The fourth-order valence-corrected chi connectivity index (χ4v) is 2.08. The molecule has 0 amide bonds. The van der Waals surface area contributed by atoms with Gasteiger partial charge in [-0.15, -0.1) is 10.2 Å². The first-order chi connectivity index (χ1) is 9.67. The number of nitrogens with one attached hydrogen (secondary N) is 1. The molecule has 1 aromatic heterocycles. The zero-order valence-electron chi connectivity index (χ0n) is 12.4. The second kappa shape index (κ2) is 6.32. The molecular formula is C15H20N4O. The lowest BCUT2D eigenvalue weighted by atomic mass is 10.2. The zero-order valence-corrected chi connectivity index (χ0v) is 12.4. The van der Waals surface area contributed by atoms with Crippen molar-refractivity contribution in [1.82, 2.24) is 15.2 Å². The molecule has 0 saturated carbocycles. The molecule has 0 unspecified atom stereocenters. The zero-order chi connectivity index (χ0) is 14.5. The summed E-state index contributed by atoms with van der Waals surface area (Å²) >= 11 is 0. The molecule has 1 aromatic carbocycles. The van der Waals surface area contributed by atoms with Crippen LogP contribution in [0.3, 0.4) is 0 Å². The van der Waals surface area contributed by atoms with E-state index in [1.54, 1.807) is 7.11 Å². The van der Waals surface area contributed by atoms with E-state index in [0.29, 0.717) is 5.95 Å². The number of hydrogen-bond acceptors (Lipinski definition) is 5. The summed E-state index contributed by atoms with van der Waals surface area (Å²) in [4.78, 5) is 4.51. The Labute approximate surface area is 119 Å². The van der Waals surface area contributed by atoms with Gasteiger partial charge in [0.05, 0.1) is 18.5 Å². The van der Waals surface area contributed by atoms with E-state index in [1.807, 2.05) is 25.1 Å². The van der Waals surface area contributed by atoms with Gasteiger partial charge in [-0.25, -0.2) is 4.98 Å². The molecule has 20 heavy (non-hydrogen) atoms. The number of rotatable bonds is 5. The molecule has 1 N–H and O–H groups in total. The Morgan fingerprint density at radius 2 is 1.85 bits per heavy atom. The van der Waals surface area contributed by atoms with Crippen molar-refractivity contribution >= 4 is 11.6 Å². The van der Waals surface area contributed by atoms with Crippen molar-refractivity contribution < 1.29 is 4.74 Å². The molecule has 5 nitrogen and oxygen atoms in total. The highest BCUT2D eigenvalue weighted by atomic mass is 16.5. The van der Waals surface area contributed by atoms with Crippen molar-refractivity contribution in [2.75, 3.05) is 12.4 Å². The van der Waals surface area contributed by atoms with Gasteiger partial charge < -0.3 is 10.1 Å². The van der Waals surface area contributed by atoms with Crippen LogP contribution in [-0.2, 0) is 12.8 Å². The molecule has 1 heterocycles. The standard InChI is InChI=1S/C15H20N4O/c1-5-12-13(6-2)18-19-15(17-12)16-11-7-8-14(20-4)10(3)9-11/h7-9H,5-6H2,1-4H3,(H,16,17,19). The predicted molar refractivity (Wildman–Crippen MR) is 79.6 cm³/mol. The van der Waals surface area contributed by atoms with Gasteiger partial charge in [0.2, 0.25) is 5.95 Å². The molecule has 106 valence electrons.